The van der Waals surface area contributed by atoms with Gasteiger partial charge in [0.05, 0.1) is 0 Å². The van der Waals surface area contributed by atoms with E-state index in [9.17, 15) is 4.39 Å². The van der Waals surface area contributed by atoms with E-state index in [4.69, 9.17) is 18.0 Å². The number of rotatable bonds is 2. The standard InChI is InChI=1S/C14H19FN2S/c1-9-4-3-7-17(10(9)2)11-5-6-12(14(16)18)13(15)8-11/h5-6,8-10H,3-4,7H2,1-2H3,(H2,16,18). The Hall–Kier alpha value is -1.16. The molecule has 0 aliphatic carbocycles. The van der Waals surface area contributed by atoms with Crippen molar-refractivity contribution in [3.8, 4) is 0 Å². The maximum atomic E-state index is 13.9. The fraction of sp³-hybridized carbons (Fsp3) is 0.500. The number of nitrogens with two attached hydrogens (primary N) is 1. The van der Waals surface area contributed by atoms with Crippen molar-refractivity contribution < 1.29 is 4.39 Å². The van der Waals surface area contributed by atoms with E-state index in [0.717, 1.165) is 18.7 Å². The first-order valence-corrected chi connectivity index (χ1v) is 6.77. The van der Waals surface area contributed by atoms with Gasteiger partial charge in [-0.25, -0.2) is 4.39 Å². The first-order valence-electron chi connectivity index (χ1n) is 6.36. The topological polar surface area (TPSA) is 29.3 Å². The Morgan fingerprint density at radius 3 is 2.78 bits per heavy atom. The first-order chi connectivity index (χ1) is 8.50. The Balaban J connectivity index is 2.28. The Kier molecular flexibility index (Phi) is 3.85. The van der Waals surface area contributed by atoms with Gasteiger partial charge >= 0.3 is 0 Å². The Morgan fingerprint density at radius 2 is 2.17 bits per heavy atom. The molecule has 0 bridgehead atoms. The molecule has 18 heavy (non-hydrogen) atoms. The molecule has 1 aliphatic rings. The summed E-state index contributed by atoms with van der Waals surface area (Å²) in [5.74, 6) is 0.308. The van der Waals surface area contributed by atoms with Gasteiger partial charge in [0, 0.05) is 23.8 Å². The van der Waals surface area contributed by atoms with Crippen LogP contribution in [-0.2, 0) is 0 Å². The smallest absolute Gasteiger partial charge is 0.135 e. The number of hydrogen-bond donors (Lipinski definition) is 1. The molecule has 0 spiro atoms. The summed E-state index contributed by atoms with van der Waals surface area (Å²) in [6.45, 7) is 5.43. The summed E-state index contributed by atoms with van der Waals surface area (Å²) in [6.07, 6.45) is 2.40. The summed E-state index contributed by atoms with van der Waals surface area (Å²) >= 11 is 4.82. The highest BCUT2D eigenvalue weighted by Crippen LogP contribution is 2.29. The molecular weight excluding hydrogens is 247 g/mol. The quantitative estimate of drug-likeness (QED) is 0.834. The maximum absolute atomic E-state index is 13.9. The highest BCUT2D eigenvalue weighted by molar-refractivity contribution is 7.80. The number of anilines is 1. The Labute approximate surface area is 113 Å². The van der Waals surface area contributed by atoms with Crippen LogP contribution in [0, 0.1) is 11.7 Å². The molecule has 2 N–H and O–H groups in total. The summed E-state index contributed by atoms with van der Waals surface area (Å²) in [6, 6.07) is 5.57. The molecule has 1 aromatic carbocycles. The molecule has 1 saturated heterocycles. The number of benzene rings is 1. The summed E-state index contributed by atoms with van der Waals surface area (Å²) in [5, 5.41) is 0. The number of halogens is 1. The minimum absolute atomic E-state index is 0.110. The van der Waals surface area contributed by atoms with Gasteiger partial charge in [0.1, 0.15) is 10.8 Å². The summed E-state index contributed by atoms with van der Waals surface area (Å²) < 4.78 is 13.9. The minimum Gasteiger partial charge on any atom is -0.389 e. The average molecular weight is 266 g/mol. The van der Waals surface area contributed by atoms with Gasteiger partial charge in [0.2, 0.25) is 0 Å². The van der Waals surface area contributed by atoms with E-state index >= 15 is 0 Å². The first kappa shape index (κ1) is 13.3. The van der Waals surface area contributed by atoms with Gasteiger partial charge in [-0.2, -0.15) is 0 Å². The van der Waals surface area contributed by atoms with Gasteiger partial charge in [-0.3, -0.25) is 0 Å². The van der Waals surface area contributed by atoms with Crippen LogP contribution in [0.4, 0.5) is 10.1 Å². The normalized spacial score (nSPS) is 24.1. The molecule has 2 rings (SSSR count). The highest BCUT2D eigenvalue weighted by atomic mass is 32.1. The molecule has 1 aliphatic heterocycles. The van der Waals surface area contributed by atoms with E-state index < -0.39 is 0 Å². The molecule has 1 heterocycles. The third-order valence-electron chi connectivity index (χ3n) is 3.92. The molecule has 0 amide bonds. The van der Waals surface area contributed by atoms with Crippen LogP contribution in [0.3, 0.4) is 0 Å². The van der Waals surface area contributed by atoms with Crippen molar-refractivity contribution in [3.05, 3.63) is 29.6 Å². The Bertz CT molecular complexity index is 461. The van der Waals surface area contributed by atoms with E-state index in [2.05, 4.69) is 18.7 Å². The van der Waals surface area contributed by atoms with Crippen LogP contribution in [0.2, 0.25) is 0 Å². The third kappa shape index (κ3) is 2.48. The largest absolute Gasteiger partial charge is 0.389 e. The van der Waals surface area contributed by atoms with Crippen LogP contribution in [0.15, 0.2) is 18.2 Å². The van der Waals surface area contributed by atoms with Crippen LogP contribution in [0.25, 0.3) is 0 Å². The lowest BCUT2D eigenvalue weighted by atomic mass is 9.91. The van der Waals surface area contributed by atoms with E-state index in [1.807, 2.05) is 6.07 Å². The van der Waals surface area contributed by atoms with Gasteiger partial charge in [-0.1, -0.05) is 19.1 Å². The summed E-state index contributed by atoms with van der Waals surface area (Å²) in [5.41, 5.74) is 6.72. The van der Waals surface area contributed by atoms with E-state index in [1.54, 1.807) is 12.1 Å². The lowest BCUT2D eigenvalue weighted by Gasteiger charge is -2.39. The van der Waals surface area contributed by atoms with E-state index in [0.29, 0.717) is 17.5 Å². The molecule has 1 aromatic rings. The fourth-order valence-corrected chi connectivity index (χ4v) is 2.75. The SMILES string of the molecule is CC1CCCN(c2ccc(C(N)=S)c(F)c2)C1C. The zero-order valence-electron chi connectivity index (χ0n) is 10.8. The second-order valence-corrected chi connectivity index (χ2v) is 5.52. The van der Waals surface area contributed by atoms with Crippen molar-refractivity contribution in [1.82, 2.24) is 0 Å². The van der Waals surface area contributed by atoms with Crippen LogP contribution in [0.5, 0.6) is 0 Å². The lowest BCUT2D eigenvalue weighted by Crippen LogP contribution is -2.42. The molecule has 0 saturated carbocycles. The van der Waals surface area contributed by atoms with Gasteiger partial charge in [-0.15, -0.1) is 0 Å². The van der Waals surface area contributed by atoms with Crippen LogP contribution < -0.4 is 10.6 Å². The number of thiocarbonyl (C=S) groups is 1. The zero-order chi connectivity index (χ0) is 13.3. The van der Waals surface area contributed by atoms with E-state index in [-0.39, 0.29) is 10.8 Å². The predicted molar refractivity (Wildman–Crippen MR) is 77.5 cm³/mol. The van der Waals surface area contributed by atoms with Gasteiger partial charge < -0.3 is 10.6 Å². The highest BCUT2D eigenvalue weighted by Gasteiger charge is 2.25. The molecule has 2 atom stereocenters. The molecule has 4 heteroatoms. The molecule has 1 fully saturated rings. The lowest BCUT2D eigenvalue weighted by molar-refractivity contribution is 0.363. The molecule has 2 unspecified atom stereocenters. The molecule has 2 nitrogen and oxygen atoms in total. The minimum atomic E-state index is -0.328. The second-order valence-electron chi connectivity index (χ2n) is 5.08. The molecule has 0 radical (unpaired) electrons. The third-order valence-corrected chi connectivity index (χ3v) is 4.14. The summed E-state index contributed by atoms with van der Waals surface area (Å²) in [7, 11) is 0. The van der Waals surface area contributed by atoms with Gasteiger partial charge in [0.15, 0.2) is 0 Å². The van der Waals surface area contributed by atoms with Crippen LogP contribution in [0.1, 0.15) is 32.3 Å². The van der Waals surface area contributed by atoms with Crippen molar-refractivity contribution in [2.75, 3.05) is 11.4 Å². The number of hydrogen-bond acceptors (Lipinski definition) is 2. The number of nitrogens with zero attached hydrogens (tertiary/aromatic N) is 1. The van der Waals surface area contributed by atoms with E-state index in [1.165, 1.54) is 6.42 Å². The maximum Gasteiger partial charge on any atom is 0.135 e. The summed E-state index contributed by atoms with van der Waals surface area (Å²) in [4.78, 5) is 2.37. The predicted octanol–water partition coefficient (Wildman–Crippen LogP) is 3.08. The fourth-order valence-electron chi connectivity index (χ4n) is 2.58. The zero-order valence-corrected chi connectivity index (χ0v) is 11.6. The second kappa shape index (κ2) is 5.22. The van der Waals surface area contributed by atoms with Gasteiger partial charge in [-0.05, 0) is 43.9 Å². The van der Waals surface area contributed by atoms with Crippen molar-refractivity contribution >= 4 is 22.9 Å². The molecule has 98 valence electrons. The van der Waals surface area contributed by atoms with Crippen molar-refractivity contribution in [1.29, 1.82) is 0 Å². The number of piperidine rings is 1. The monoisotopic (exact) mass is 266 g/mol. The van der Waals surface area contributed by atoms with Crippen LogP contribution in [-0.4, -0.2) is 17.6 Å². The van der Waals surface area contributed by atoms with Crippen molar-refractivity contribution in [3.63, 3.8) is 0 Å². The van der Waals surface area contributed by atoms with Crippen molar-refractivity contribution in [2.45, 2.75) is 32.7 Å². The van der Waals surface area contributed by atoms with Crippen LogP contribution >= 0.6 is 12.2 Å². The molecule has 0 aromatic heterocycles. The molecular formula is C14H19FN2S. The average Bonchev–Trinajstić information content (AvgIpc) is 2.32. The van der Waals surface area contributed by atoms with Crippen molar-refractivity contribution in [2.24, 2.45) is 11.7 Å². The van der Waals surface area contributed by atoms with Gasteiger partial charge in [0.25, 0.3) is 0 Å². The Morgan fingerprint density at radius 1 is 1.44 bits per heavy atom.